The minimum atomic E-state index is -1.01. The molecule has 1 N–H and O–H groups in total. The number of rotatable bonds is 4. The summed E-state index contributed by atoms with van der Waals surface area (Å²) in [4.78, 5) is 29.6. The Hall–Kier alpha value is -3.41. The highest BCUT2D eigenvalue weighted by Gasteiger charge is 2.40. The van der Waals surface area contributed by atoms with E-state index >= 15 is 0 Å². The standard InChI is InChI=1S/C25H24N2O4/c1-25(2)24(29)18(14-26-12-11-16-13-27-19-6-4-3-5-17(16)19)22-20(31-25)9-7-15-8-10-21(28)30-23(15)22/h3-10,13-14,16-17,19,26H,11-12H2,1-2H3/b18-14-. The van der Waals surface area contributed by atoms with Crippen LogP contribution in [-0.2, 0) is 4.79 Å². The second-order valence-corrected chi connectivity index (χ2v) is 8.65. The summed E-state index contributed by atoms with van der Waals surface area (Å²) in [6.45, 7) is 4.19. The first-order valence-corrected chi connectivity index (χ1v) is 10.6. The molecule has 158 valence electrons. The number of hydrogen-bond donors (Lipinski definition) is 1. The Labute approximate surface area is 180 Å². The molecular weight excluding hydrogens is 392 g/mol. The summed E-state index contributed by atoms with van der Waals surface area (Å²) >= 11 is 0. The first-order valence-electron chi connectivity index (χ1n) is 10.6. The van der Waals surface area contributed by atoms with Gasteiger partial charge in [0.1, 0.15) is 11.3 Å². The van der Waals surface area contributed by atoms with Crippen LogP contribution in [0.5, 0.6) is 5.75 Å². The number of Topliss-reactive ketones (excluding diaryl/α,β-unsaturated/α-hetero) is 1. The van der Waals surface area contributed by atoms with E-state index in [0.717, 1.165) is 11.8 Å². The van der Waals surface area contributed by atoms with Crippen LogP contribution in [0.3, 0.4) is 0 Å². The summed E-state index contributed by atoms with van der Waals surface area (Å²) in [5.74, 6) is 1.14. The van der Waals surface area contributed by atoms with Gasteiger partial charge >= 0.3 is 5.63 Å². The first-order chi connectivity index (χ1) is 14.9. The summed E-state index contributed by atoms with van der Waals surface area (Å²) < 4.78 is 11.4. The zero-order chi connectivity index (χ0) is 21.6. The molecule has 0 saturated heterocycles. The van der Waals surface area contributed by atoms with Crippen LogP contribution in [-0.4, -0.2) is 30.2 Å². The van der Waals surface area contributed by atoms with E-state index in [1.165, 1.54) is 6.07 Å². The molecule has 0 fully saturated rings. The fraction of sp³-hybridized carbons (Fsp3) is 0.320. The predicted octanol–water partition coefficient (Wildman–Crippen LogP) is 3.67. The molecule has 3 unspecified atom stereocenters. The monoisotopic (exact) mass is 416 g/mol. The minimum absolute atomic E-state index is 0.158. The second-order valence-electron chi connectivity index (χ2n) is 8.65. The molecule has 3 heterocycles. The largest absolute Gasteiger partial charge is 0.479 e. The summed E-state index contributed by atoms with van der Waals surface area (Å²) in [5, 5.41) is 4.05. The number of ketones is 1. The third-order valence-electron chi connectivity index (χ3n) is 6.14. The van der Waals surface area contributed by atoms with Crippen LogP contribution in [0.1, 0.15) is 25.8 Å². The molecule has 0 bridgehead atoms. The summed E-state index contributed by atoms with van der Waals surface area (Å²) in [6.07, 6.45) is 13.2. The maximum Gasteiger partial charge on any atom is 0.336 e. The molecule has 1 aromatic carbocycles. The number of aliphatic imine (C=N–C) groups is 1. The van der Waals surface area contributed by atoms with E-state index in [-0.39, 0.29) is 11.8 Å². The number of nitrogens with zero attached hydrogens (tertiary/aromatic N) is 1. The molecule has 2 aliphatic heterocycles. The minimum Gasteiger partial charge on any atom is -0.479 e. The Morgan fingerprint density at radius 3 is 2.81 bits per heavy atom. The average Bonchev–Trinajstić information content (AvgIpc) is 3.16. The lowest BCUT2D eigenvalue weighted by atomic mass is 9.85. The van der Waals surface area contributed by atoms with Crippen molar-refractivity contribution in [1.29, 1.82) is 0 Å². The Kier molecular flexibility index (Phi) is 4.65. The van der Waals surface area contributed by atoms with Crippen LogP contribution >= 0.6 is 0 Å². The van der Waals surface area contributed by atoms with E-state index in [1.807, 2.05) is 24.4 Å². The summed E-state index contributed by atoms with van der Waals surface area (Å²) in [5.41, 5.74) is -0.116. The number of hydrogen-bond acceptors (Lipinski definition) is 6. The van der Waals surface area contributed by atoms with Crippen LogP contribution in [0.4, 0.5) is 0 Å². The number of carbonyl (C=O) groups excluding carboxylic acids is 1. The Morgan fingerprint density at radius 2 is 1.94 bits per heavy atom. The van der Waals surface area contributed by atoms with Gasteiger partial charge in [-0.3, -0.25) is 9.79 Å². The molecule has 0 amide bonds. The maximum atomic E-state index is 13.2. The molecule has 2 aromatic rings. The van der Waals surface area contributed by atoms with E-state index in [9.17, 15) is 9.59 Å². The van der Waals surface area contributed by atoms with E-state index < -0.39 is 11.2 Å². The van der Waals surface area contributed by atoms with E-state index in [0.29, 0.717) is 40.8 Å². The van der Waals surface area contributed by atoms with Crippen molar-refractivity contribution in [1.82, 2.24) is 5.32 Å². The van der Waals surface area contributed by atoms with Gasteiger partial charge in [0.15, 0.2) is 5.60 Å². The molecular formula is C25H24N2O4. The van der Waals surface area contributed by atoms with E-state index in [1.54, 1.807) is 26.1 Å². The fourth-order valence-corrected chi connectivity index (χ4v) is 4.51. The third-order valence-corrected chi connectivity index (χ3v) is 6.14. The van der Waals surface area contributed by atoms with Gasteiger partial charge in [-0.05, 0) is 38.5 Å². The quantitative estimate of drug-likeness (QED) is 0.467. The molecule has 31 heavy (non-hydrogen) atoms. The van der Waals surface area contributed by atoms with Gasteiger partial charge in [-0.25, -0.2) is 4.79 Å². The number of allylic oxidation sites excluding steroid dienone is 2. The lowest BCUT2D eigenvalue weighted by molar-refractivity contribution is -0.126. The van der Waals surface area contributed by atoms with Gasteiger partial charge in [0.05, 0.1) is 17.2 Å². The molecule has 0 radical (unpaired) electrons. The van der Waals surface area contributed by atoms with Crippen LogP contribution in [0.15, 0.2) is 69.0 Å². The normalized spacial score (nSPS) is 26.7. The van der Waals surface area contributed by atoms with Gasteiger partial charge in [-0.1, -0.05) is 24.3 Å². The van der Waals surface area contributed by atoms with Crippen LogP contribution in [0.25, 0.3) is 16.5 Å². The van der Waals surface area contributed by atoms with Gasteiger partial charge in [-0.2, -0.15) is 0 Å². The zero-order valence-corrected chi connectivity index (χ0v) is 17.5. The van der Waals surface area contributed by atoms with Crippen LogP contribution in [0, 0.1) is 11.8 Å². The van der Waals surface area contributed by atoms with Crippen LogP contribution in [0.2, 0.25) is 0 Å². The number of fused-ring (bicyclic) bond motifs is 4. The Morgan fingerprint density at radius 1 is 1.13 bits per heavy atom. The van der Waals surface area contributed by atoms with Crippen molar-refractivity contribution in [3.8, 4) is 5.75 Å². The number of benzene rings is 1. The first kappa shape index (κ1) is 19.5. The van der Waals surface area contributed by atoms with Crippen molar-refractivity contribution in [2.45, 2.75) is 31.9 Å². The molecule has 6 nitrogen and oxygen atoms in total. The molecule has 6 heteroatoms. The smallest absolute Gasteiger partial charge is 0.336 e. The maximum absolute atomic E-state index is 13.2. The van der Waals surface area contributed by atoms with Gasteiger partial charge in [0.25, 0.3) is 0 Å². The molecule has 3 aliphatic rings. The molecule has 0 spiro atoms. The molecule has 1 aliphatic carbocycles. The van der Waals surface area contributed by atoms with Crippen molar-refractivity contribution in [3.63, 3.8) is 0 Å². The van der Waals surface area contributed by atoms with E-state index in [2.05, 4.69) is 28.5 Å². The molecule has 0 saturated carbocycles. The van der Waals surface area contributed by atoms with Crippen LogP contribution < -0.4 is 15.7 Å². The fourth-order valence-electron chi connectivity index (χ4n) is 4.51. The second kappa shape index (κ2) is 7.38. The third kappa shape index (κ3) is 3.42. The van der Waals surface area contributed by atoms with Gasteiger partial charge < -0.3 is 14.5 Å². The van der Waals surface area contributed by atoms with Crippen molar-refractivity contribution in [3.05, 3.63) is 70.8 Å². The highest BCUT2D eigenvalue weighted by molar-refractivity contribution is 6.28. The van der Waals surface area contributed by atoms with Crippen molar-refractivity contribution < 1.29 is 13.9 Å². The Balaban J connectivity index is 1.42. The number of carbonyl (C=O) groups is 1. The van der Waals surface area contributed by atoms with Crippen molar-refractivity contribution in [2.75, 3.05) is 6.54 Å². The van der Waals surface area contributed by atoms with Gasteiger partial charge in [-0.15, -0.1) is 0 Å². The molecule has 5 rings (SSSR count). The lowest BCUT2D eigenvalue weighted by Crippen LogP contribution is -2.42. The number of ether oxygens (including phenoxy) is 1. The van der Waals surface area contributed by atoms with Crippen molar-refractivity contribution in [2.24, 2.45) is 16.8 Å². The van der Waals surface area contributed by atoms with E-state index in [4.69, 9.17) is 9.15 Å². The van der Waals surface area contributed by atoms with Gasteiger partial charge in [0, 0.05) is 42.2 Å². The van der Waals surface area contributed by atoms with Crippen molar-refractivity contribution >= 4 is 28.5 Å². The highest BCUT2D eigenvalue weighted by Crippen LogP contribution is 2.41. The zero-order valence-electron chi connectivity index (χ0n) is 17.5. The highest BCUT2D eigenvalue weighted by atomic mass is 16.5. The average molecular weight is 416 g/mol. The molecule has 1 aromatic heterocycles. The summed E-state index contributed by atoms with van der Waals surface area (Å²) in [6, 6.07) is 6.95. The summed E-state index contributed by atoms with van der Waals surface area (Å²) in [7, 11) is 0. The molecule has 3 atom stereocenters. The Bertz CT molecular complexity index is 1230. The topological polar surface area (TPSA) is 80.9 Å². The lowest BCUT2D eigenvalue weighted by Gasteiger charge is -2.32. The predicted molar refractivity (Wildman–Crippen MR) is 120 cm³/mol. The van der Waals surface area contributed by atoms with Gasteiger partial charge in [0.2, 0.25) is 5.78 Å². The SMILES string of the molecule is CC1(C)Oc2ccc3ccc(=O)oc3c2/C(=C/NCCC2C=NC3C=CC=CC23)C1=O. The number of nitrogens with one attached hydrogen (secondary N) is 1.